The van der Waals surface area contributed by atoms with Gasteiger partial charge in [-0.05, 0) is 74.7 Å². The predicted octanol–water partition coefficient (Wildman–Crippen LogP) is 8.14. The predicted molar refractivity (Wildman–Crippen MR) is 197 cm³/mol. The van der Waals surface area contributed by atoms with Crippen LogP contribution in [0.5, 0.6) is 5.75 Å². The Morgan fingerprint density at radius 2 is 1.81 bits per heavy atom. The van der Waals surface area contributed by atoms with E-state index in [2.05, 4.69) is 43.9 Å². The summed E-state index contributed by atoms with van der Waals surface area (Å²) >= 11 is 6.82. The molecular formula is C36H48ClF3N6O5Si. The Morgan fingerprint density at radius 1 is 1.12 bits per heavy atom. The van der Waals surface area contributed by atoms with Crippen molar-refractivity contribution in [2.75, 3.05) is 57.8 Å². The molecule has 2 aliphatic rings. The molecule has 284 valence electrons. The van der Waals surface area contributed by atoms with Gasteiger partial charge in [0.25, 0.3) is 0 Å². The van der Waals surface area contributed by atoms with Gasteiger partial charge in [0, 0.05) is 44.4 Å². The Labute approximate surface area is 308 Å². The van der Waals surface area contributed by atoms with Gasteiger partial charge in [-0.15, -0.1) is 0 Å². The van der Waals surface area contributed by atoms with Crippen LogP contribution in [0.4, 0.5) is 23.8 Å². The van der Waals surface area contributed by atoms with Crippen LogP contribution in [0, 0.1) is 20.8 Å². The highest BCUT2D eigenvalue weighted by atomic mass is 35.5. The summed E-state index contributed by atoms with van der Waals surface area (Å²) in [7, 11) is -0.789. The molecule has 0 radical (unpaired) electrons. The van der Waals surface area contributed by atoms with E-state index in [0.29, 0.717) is 71.2 Å². The molecule has 2 aromatic heterocycles. The number of carbonyl (C=O) groups is 1. The van der Waals surface area contributed by atoms with Crippen LogP contribution in [0.1, 0.15) is 44.2 Å². The first-order chi connectivity index (χ1) is 24.1. The minimum absolute atomic E-state index is 0.0892. The molecule has 3 aromatic rings. The van der Waals surface area contributed by atoms with Crippen LogP contribution in [0.3, 0.4) is 0 Å². The topological polar surface area (TPSA) is 117 Å². The fourth-order valence-corrected chi connectivity index (χ4v) is 7.92. The smallest absolute Gasteiger partial charge is 0.407 e. The van der Waals surface area contributed by atoms with Crippen LogP contribution in [0.15, 0.2) is 33.9 Å². The van der Waals surface area contributed by atoms with Gasteiger partial charge in [-0.1, -0.05) is 37.5 Å². The van der Waals surface area contributed by atoms with E-state index >= 15 is 0 Å². The molecule has 2 aliphatic heterocycles. The molecule has 5 rings (SSSR count). The third-order valence-corrected chi connectivity index (χ3v) is 15.1. The van der Waals surface area contributed by atoms with Gasteiger partial charge in [-0.3, -0.25) is 4.90 Å². The van der Waals surface area contributed by atoms with Crippen molar-refractivity contribution in [3.05, 3.63) is 51.4 Å². The summed E-state index contributed by atoms with van der Waals surface area (Å²) in [5.41, 5.74) is 5.39. The third kappa shape index (κ3) is 8.92. The maximum absolute atomic E-state index is 13.2. The maximum atomic E-state index is 13.2. The van der Waals surface area contributed by atoms with Gasteiger partial charge < -0.3 is 28.6 Å². The Morgan fingerprint density at radius 3 is 2.42 bits per heavy atom. The van der Waals surface area contributed by atoms with Crippen molar-refractivity contribution in [1.82, 2.24) is 24.9 Å². The first-order valence-corrected chi connectivity index (χ1v) is 20.5. The zero-order valence-corrected chi connectivity index (χ0v) is 33.0. The minimum Gasteiger partial charge on any atom is -0.491 e. The molecule has 0 aliphatic carbocycles. The zero-order chi connectivity index (χ0) is 38.3. The number of likely N-dealkylation sites (N-methyl/N-ethyl adjacent to an activating group) is 1. The Kier molecular flexibility index (Phi) is 11.4. The van der Waals surface area contributed by atoms with E-state index in [1.165, 1.54) is 16.8 Å². The van der Waals surface area contributed by atoms with Crippen molar-refractivity contribution in [3.8, 4) is 28.4 Å². The summed E-state index contributed by atoms with van der Waals surface area (Å²) in [4.78, 5) is 26.5. The van der Waals surface area contributed by atoms with Crippen molar-refractivity contribution in [2.24, 2.45) is 0 Å². The average Bonchev–Trinajstić information content (AvgIpc) is 3.60. The summed E-state index contributed by atoms with van der Waals surface area (Å²) in [6.45, 7) is 17.0. The molecule has 0 saturated carbocycles. The molecule has 0 fully saturated rings. The van der Waals surface area contributed by atoms with Crippen LogP contribution < -0.4 is 9.64 Å². The number of carboxylic acid groups (broad SMARTS) is 1. The van der Waals surface area contributed by atoms with Gasteiger partial charge in [0.1, 0.15) is 23.9 Å². The fourth-order valence-electron chi connectivity index (χ4n) is 6.39. The molecule has 11 nitrogen and oxygen atoms in total. The molecule has 4 heterocycles. The summed E-state index contributed by atoms with van der Waals surface area (Å²) < 4.78 is 58.0. The molecule has 52 heavy (non-hydrogen) atoms. The number of benzene rings is 1. The van der Waals surface area contributed by atoms with Crippen molar-refractivity contribution >= 4 is 31.8 Å². The number of aryl methyl sites for hydroxylation is 2. The van der Waals surface area contributed by atoms with E-state index < -0.39 is 33.2 Å². The highest BCUT2D eigenvalue weighted by molar-refractivity contribution is 6.74. The van der Waals surface area contributed by atoms with E-state index in [9.17, 15) is 23.1 Å². The first-order valence-electron chi connectivity index (χ1n) is 17.2. The van der Waals surface area contributed by atoms with Gasteiger partial charge >= 0.3 is 12.3 Å². The number of ether oxygens (including phenoxy) is 1. The number of halogens is 4. The number of aromatic nitrogens is 3. The molecule has 0 spiro atoms. The number of rotatable bonds is 11. The molecule has 1 amide bonds. The lowest BCUT2D eigenvalue weighted by Crippen LogP contribution is -2.49. The lowest BCUT2D eigenvalue weighted by atomic mass is 10.0. The molecule has 1 atom stereocenters. The minimum atomic E-state index is -4.26. The molecule has 0 saturated heterocycles. The summed E-state index contributed by atoms with van der Waals surface area (Å²) in [5.74, 6) is 2.02. The molecular weight excluding hydrogens is 717 g/mol. The second kappa shape index (κ2) is 15.0. The lowest BCUT2D eigenvalue weighted by Gasteiger charge is -2.39. The second-order valence-corrected chi connectivity index (χ2v) is 20.5. The van der Waals surface area contributed by atoms with Crippen LogP contribution in [0.2, 0.25) is 23.2 Å². The van der Waals surface area contributed by atoms with Gasteiger partial charge in [0.2, 0.25) is 0 Å². The number of anilines is 1. The first kappa shape index (κ1) is 39.5. The van der Waals surface area contributed by atoms with E-state index in [-0.39, 0.29) is 24.7 Å². The summed E-state index contributed by atoms with van der Waals surface area (Å²) in [6.07, 6.45) is -5.30. The second-order valence-electron chi connectivity index (χ2n) is 15.3. The number of nitrogens with zero attached hydrogens (tertiary/aromatic N) is 6. The summed E-state index contributed by atoms with van der Waals surface area (Å²) in [6, 6.07) is 5.18. The van der Waals surface area contributed by atoms with Gasteiger partial charge in [-0.2, -0.15) is 13.2 Å². The number of amides is 1. The van der Waals surface area contributed by atoms with Crippen molar-refractivity contribution < 1.29 is 36.8 Å². The largest absolute Gasteiger partial charge is 0.491 e. The van der Waals surface area contributed by atoms with Crippen molar-refractivity contribution in [2.45, 2.75) is 78.4 Å². The molecule has 1 unspecified atom stereocenters. The Balaban J connectivity index is 1.48. The van der Waals surface area contributed by atoms with Gasteiger partial charge in [-0.25, -0.2) is 14.8 Å². The van der Waals surface area contributed by atoms with E-state index in [1.807, 2.05) is 20.8 Å². The normalized spacial score (nSPS) is 16.4. The molecule has 0 bridgehead atoms. The highest BCUT2D eigenvalue weighted by Gasteiger charge is 2.40. The molecule has 1 N–H and O–H groups in total. The van der Waals surface area contributed by atoms with Crippen LogP contribution in [-0.2, 0) is 4.43 Å². The summed E-state index contributed by atoms with van der Waals surface area (Å²) in [5, 5.41) is 14.0. The van der Waals surface area contributed by atoms with Gasteiger partial charge in [0.05, 0.1) is 41.2 Å². The monoisotopic (exact) mass is 764 g/mol. The number of alkyl halides is 3. The quantitative estimate of drug-likeness (QED) is 0.152. The molecule has 16 heteroatoms. The SMILES string of the molecule is Cc1noc(C)c1-c1nc(-c2cc(OCC(CN(C)C(=O)O)O[Si](C)(C)C(C)(C)C)ccc2Cl)nc(N2CC3=C(CN(CC(F)(F)F)CC3)C2)c1C. The number of hydrogen-bond acceptors (Lipinski definition) is 9. The van der Waals surface area contributed by atoms with Crippen LogP contribution >= 0.6 is 11.6 Å². The highest BCUT2D eigenvalue weighted by Crippen LogP contribution is 2.40. The Hall–Kier alpha value is -3.66. The molecule has 1 aromatic carbocycles. The zero-order valence-electron chi connectivity index (χ0n) is 31.2. The maximum Gasteiger partial charge on any atom is 0.407 e. The van der Waals surface area contributed by atoms with Crippen molar-refractivity contribution in [1.29, 1.82) is 0 Å². The van der Waals surface area contributed by atoms with Crippen LogP contribution in [0.25, 0.3) is 22.6 Å². The lowest BCUT2D eigenvalue weighted by molar-refractivity contribution is -0.145. The average molecular weight is 765 g/mol. The van der Waals surface area contributed by atoms with Gasteiger partial charge in [0.15, 0.2) is 14.1 Å². The van der Waals surface area contributed by atoms with E-state index in [0.717, 1.165) is 22.3 Å². The standard InChI is InChI=1S/C36H48ClF3N6O5Si/c1-21-31(30-22(2)43-50-23(30)3)41-32(42-33(21)46-16-24-12-13-45(15-25(24)17-46)20-36(38,39)40)28-14-26(10-11-29(28)37)49-19-27(18-44(7)34(47)48)51-52(8,9)35(4,5)6/h10-11,14,27H,12-13,15-20H2,1-9H3,(H,47,48). The van der Waals surface area contributed by atoms with E-state index in [1.54, 1.807) is 18.2 Å². The Bertz CT molecular complexity index is 1820. The number of hydrogen-bond donors (Lipinski definition) is 1. The fraction of sp³-hybridized carbons (Fsp3) is 0.556. The van der Waals surface area contributed by atoms with E-state index in [4.69, 9.17) is 35.3 Å². The van der Waals surface area contributed by atoms with Crippen molar-refractivity contribution in [3.63, 3.8) is 0 Å². The van der Waals surface area contributed by atoms with Crippen LogP contribution in [-0.4, -0.2) is 110 Å². The third-order valence-electron chi connectivity index (χ3n) is 10.2.